The number of carbonyl (C=O) groups is 1. The second-order valence-electron chi connectivity index (χ2n) is 4.62. The van der Waals surface area contributed by atoms with Gasteiger partial charge in [-0.15, -0.1) is 0 Å². The Morgan fingerprint density at radius 1 is 1.00 bits per heavy atom. The maximum Gasteiger partial charge on any atom is 0.240 e. The minimum Gasteiger partial charge on any atom is -0.368 e. The van der Waals surface area contributed by atoms with Crippen LogP contribution in [-0.4, -0.2) is 14.3 Å². The highest BCUT2D eigenvalue weighted by atomic mass is 32.2. The summed E-state index contributed by atoms with van der Waals surface area (Å²) < 4.78 is 26.5. The van der Waals surface area contributed by atoms with Gasteiger partial charge in [0.05, 0.1) is 0 Å². The number of amides is 1. The van der Waals surface area contributed by atoms with Gasteiger partial charge < -0.3 is 5.73 Å². The minimum atomic E-state index is -3.80. The van der Waals surface area contributed by atoms with Crippen LogP contribution in [0.3, 0.4) is 0 Å². The SMILES string of the molecule is NC(=O)C(NS(=O)(=O)C=Cc1ccccc1)c1ccccc1. The largest absolute Gasteiger partial charge is 0.368 e. The van der Waals surface area contributed by atoms with Crippen molar-refractivity contribution in [2.45, 2.75) is 6.04 Å². The molecule has 0 radical (unpaired) electrons. The molecule has 0 aliphatic rings. The van der Waals surface area contributed by atoms with Crippen LogP contribution in [0.15, 0.2) is 66.1 Å². The molecule has 0 saturated heterocycles. The van der Waals surface area contributed by atoms with Crippen molar-refractivity contribution in [1.29, 1.82) is 0 Å². The highest BCUT2D eigenvalue weighted by Crippen LogP contribution is 2.14. The van der Waals surface area contributed by atoms with E-state index < -0.39 is 22.0 Å². The summed E-state index contributed by atoms with van der Waals surface area (Å²) in [4.78, 5) is 11.5. The van der Waals surface area contributed by atoms with Gasteiger partial charge in [-0.2, -0.15) is 4.72 Å². The van der Waals surface area contributed by atoms with Crippen LogP contribution in [0.4, 0.5) is 0 Å². The molecular weight excluding hydrogens is 300 g/mol. The van der Waals surface area contributed by atoms with E-state index in [-0.39, 0.29) is 0 Å². The molecule has 22 heavy (non-hydrogen) atoms. The molecule has 0 bridgehead atoms. The van der Waals surface area contributed by atoms with Crippen LogP contribution in [0.2, 0.25) is 0 Å². The Kier molecular flexibility index (Phi) is 5.08. The molecule has 0 aliphatic heterocycles. The lowest BCUT2D eigenvalue weighted by Crippen LogP contribution is -2.36. The van der Waals surface area contributed by atoms with Crippen LogP contribution in [0.25, 0.3) is 6.08 Å². The van der Waals surface area contributed by atoms with Crippen LogP contribution in [0, 0.1) is 0 Å². The Balaban J connectivity index is 2.19. The van der Waals surface area contributed by atoms with Crippen molar-refractivity contribution in [2.75, 3.05) is 0 Å². The standard InChI is InChI=1S/C16H16N2O3S/c17-16(19)15(14-9-5-2-6-10-14)18-22(20,21)12-11-13-7-3-1-4-8-13/h1-12,15,18H,(H2,17,19). The molecule has 0 saturated carbocycles. The molecule has 1 atom stereocenters. The van der Waals surface area contributed by atoms with Gasteiger partial charge in [-0.1, -0.05) is 60.7 Å². The monoisotopic (exact) mass is 316 g/mol. The summed E-state index contributed by atoms with van der Waals surface area (Å²) in [5, 5.41) is 1.02. The van der Waals surface area contributed by atoms with Gasteiger partial charge in [0.25, 0.3) is 0 Å². The van der Waals surface area contributed by atoms with Crippen molar-refractivity contribution in [3.63, 3.8) is 0 Å². The Bertz CT molecular complexity index is 756. The highest BCUT2D eigenvalue weighted by molar-refractivity contribution is 7.92. The van der Waals surface area contributed by atoms with Crippen LogP contribution >= 0.6 is 0 Å². The third kappa shape index (κ3) is 4.54. The molecule has 3 N–H and O–H groups in total. The molecule has 0 spiro atoms. The zero-order valence-electron chi connectivity index (χ0n) is 11.7. The van der Waals surface area contributed by atoms with E-state index in [0.717, 1.165) is 11.0 Å². The summed E-state index contributed by atoms with van der Waals surface area (Å²) in [5.74, 6) is -0.761. The topological polar surface area (TPSA) is 89.3 Å². The van der Waals surface area contributed by atoms with Gasteiger partial charge in [0.15, 0.2) is 0 Å². The van der Waals surface area contributed by atoms with Gasteiger partial charge in [-0.05, 0) is 17.2 Å². The fraction of sp³-hybridized carbons (Fsp3) is 0.0625. The van der Waals surface area contributed by atoms with Gasteiger partial charge >= 0.3 is 0 Å². The van der Waals surface area contributed by atoms with Crippen molar-refractivity contribution < 1.29 is 13.2 Å². The fourth-order valence-corrected chi connectivity index (χ4v) is 2.87. The summed E-state index contributed by atoms with van der Waals surface area (Å²) in [6, 6.07) is 16.3. The number of primary amides is 1. The smallest absolute Gasteiger partial charge is 0.240 e. The molecule has 0 heterocycles. The van der Waals surface area contributed by atoms with Crippen LogP contribution in [-0.2, 0) is 14.8 Å². The second kappa shape index (κ2) is 7.02. The summed E-state index contributed by atoms with van der Waals surface area (Å²) in [6.07, 6.45) is 1.45. The van der Waals surface area contributed by atoms with E-state index in [0.29, 0.717) is 5.56 Å². The maximum atomic E-state index is 12.1. The molecule has 2 aromatic carbocycles. The van der Waals surface area contributed by atoms with Crippen LogP contribution < -0.4 is 10.5 Å². The molecule has 1 unspecified atom stereocenters. The molecule has 5 nitrogen and oxygen atoms in total. The summed E-state index contributed by atoms with van der Waals surface area (Å²) in [7, 11) is -3.80. The predicted molar refractivity (Wildman–Crippen MR) is 85.9 cm³/mol. The summed E-state index contributed by atoms with van der Waals surface area (Å²) in [5.41, 5.74) is 6.52. The maximum absolute atomic E-state index is 12.1. The molecular formula is C16H16N2O3S. The molecule has 0 aromatic heterocycles. The number of carbonyl (C=O) groups excluding carboxylic acids is 1. The van der Waals surface area contributed by atoms with Crippen molar-refractivity contribution in [2.24, 2.45) is 5.73 Å². The van der Waals surface area contributed by atoms with Crippen molar-refractivity contribution in [3.05, 3.63) is 77.2 Å². The molecule has 2 rings (SSSR count). The number of hydrogen-bond acceptors (Lipinski definition) is 3. The van der Waals surface area contributed by atoms with E-state index in [2.05, 4.69) is 4.72 Å². The van der Waals surface area contributed by atoms with E-state index in [9.17, 15) is 13.2 Å². The van der Waals surface area contributed by atoms with Crippen LogP contribution in [0.5, 0.6) is 0 Å². The average molecular weight is 316 g/mol. The van der Waals surface area contributed by atoms with Gasteiger partial charge in [0.1, 0.15) is 6.04 Å². The Hall–Kier alpha value is -2.44. The lowest BCUT2D eigenvalue weighted by Gasteiger charge is -2.14. The number of benzene rings is 2. The molecule has 2 aromatic rings. The zero-order chi connectivity index (χ0) is 16.0. The van der Waals surface area contributed by atoms with E-state index in [1.165, 1.54) is 6.08 Å². The van der Waals surface area contributed by atoms with E-state index in [1.807, 2.05) is 6.07 Å². The van der Waals surface area contributed by atoms with Gasteiger partial charge in [-0.25, -0.2) is 8.42 Å². The minimum absolute atomic E-state index is 0.492. The lowest BCUT2D eigenvalue weighted by molar-refractivity contribution is -0.119. The predicted octanol–water partition coefficient (Wildman–Crippen LogP) is 1.80. The quantitative estimate of drug-likeness (QED) is 0.851. The summed E-state index contributed by atoms with van der Waals surface area (Å²) in [6.45, 7) is 0. The molecule has 6 heteroatoms. The number of rotatable bonds is 6. The second-order valence-corrected chi connectivity index (χ2v) is 6.22. The number of hydrogen-bond donors (Lipinski definition) is 2. The fourth-order valence-electron chi connectivity index (χ4n) is 1.87. The molecule has 0 fully saturated rings. The molecule has 114 valence electrons. The first-order chi connectivity index (χ1) is 10.5. The number of nitrogens with one attached hydrogen (secondary N) is 1. The third-order valence-electron chi connectivity index (χ3n) is 2.94. The molecule has 0 aliphatic carbocycles. The lowest BCUT2D eigenvalue weighted by atomic mass is 10.1. The van der Waals surface area contributed by atoms with Gasteiger partial charge in [-0.3, -0.25) is 4.79 Å². The summed E-state index contributed by atoms with van der Waals surface area (Å²) >= 11 is 0. The molecule has 1 amide bonds. The van der Waals surface area contributed by atoms with E-state index in [4.69, 9.17) is 5.73 Å². The Labute approximate surface area is 129 Å². The number of nitrogens with two attached hydrogens (primary N) is 1. The highest BCUT2D eigenvalue weighted by Gasteiger charge is 2.22. The first-order valence-corrected chi connectivity index (χ1v) is 8.12. The van der Waals surface area contributed by atoms with Crippen molar-refractivity contribution in [1.82, 2.24) is 4.72 Å². The van der Waals surface area contributed by atoms with Gasteiger partial charge in [0.2, 0.25) is 15.9 Å². The first kappa shape index (κ1) is 15.9. The number of sulfonamides is 1. The Morgan fingerprint density at radius 3 is 2.09 bits per heavy atom. The van der Waals surface area contributed by atoms with Crippen molar-refractivity contribution in [3.8, 4) is 0 Å². The third-order valence-corrected chi connectivity index (χ3v) is 4.00. The first-order valence-electron chi connectivity index (χ1n) is 6.58. The van der Waals surface area contributed by atoms with E-state index in [1.54, 1.807) is 54.6 Å². The van der Waals surface area contributed by atoms with Crippen molar-refractivity contribution >= 4 is 22.0 Å². The van der Waals surface area contributed by atoms with Gasteiger partial charge in [0, 0.05) is 5.41 Å². The normalized spacial score (nSPS) is 13.1. The average Bonchev–Trinajstić information content (AvgIpc) is 2.52. The van der Waals surface area contributed by atoms with Crippen LogP contribution in [0.1, 0.15) is 17.2 Å². The zero-order valence-corrected chi connectivity index (χ0v) is 12.5. The van der Waals surface area contributed by atoms with E-state index >= 15 is 0 Å². The Morgan fingerprint density at radius 2 is 1.55 bits per heavy atom.